The molecule has 2 N–H and O–H groups in total. The van der Waals surface area contributed by atoms with E-state index in [0.29, 0.717) is 0 Å². The van der Waals surface area contributed by atoms with Gasteiger partial charge < -0.3 is 10.4 Å². The molecule has 0 bridgehead atoms. The van der Waals surface area contributed by atoms with Crippen LogP contribution in [0.25, 0.3) is 0 Å². The van der Waals surface area contributed by atoms with E-state index in [1.165, 1.54) is 0 Å². The average molecular weight is 294 g/mol. The summed E-state index contributed by atoms with van der Waals surface area (Å²) < 4.78 is 39.0. The molecule has 0 spiro atoms. The van der Waals surface area contributed by atoms with E-state index in [0.717, 1.165) is 17.1 Å². The lowest BCUT2D eigenvalue weighted by Gasteiger charge is -2.22. The van der Waals surface area contributed by atoms with Crippen LogP contribution in [0.1, 0.15) is 12.8 Å². The predicted molar refractivity (Wildman–Crippen MR) is 60.9 cm³/mol. The molecule has 1 unspecified atom stereocenters. The Morgan fingerprint density at radius 3 is 2.70 bits per heavy atom. The van der Waals surface area contributed by atoms with Crippen molar-refractivity contribution in [3.63, 3.8) is 0 Å². The molecular weight excluding hydrogens is 281 g/mol. The molecular formula is C10H13F3N4O3. The Morgan fingerprint density at radius 1 is 1.60 bits per heavy atom. The van der Waals surface area contributed by atoms with Gasteiger partial charge in [0.25, 0.3) is 0 Å². The van der Waals surface area contributed by atoms with Crippen LogP contribution < -0.4 is 5.32 Å². The second-order valence-corrected chi connectivity index (χ2v) is 4.79. The van der Waals surface area contributed by atoms with Crippen molar-refractivity contribution in [2.45, 2.75) is 37.2 Å². The van der Waals surface area contributed by atoms with Crippen LogP contribution in [0, 0.1) is 10.1 Å². The minimum absolute atomic E-state index is 0.00351. The van der Waals surface area contributed by atoms with Crippen molar-refractivity contribution < 1.29 is 23.2 Å². The van der Waals surface area contributed by atoms with Gasteiger partial charge >= 0.3 is 11.9 Å². The van der Waals surface area contributed by atoms with E-state index in [9.17, 15) is 28.4 Å². The first kappa shape index (κ1) is 14.7. The number of hydrogen-bond acceptors (Lipinski definition) is 5. The molecule has 20 heavy (non-hydrogen) atoms. The van der Waals surface area contributed by atoms with Crippen LogP contribution in [0.2, 0.25) is 0 Å². The largest absolute Gasteiger partial charge is 0.406 e. The third kappa shape index (κ3) is 3.07. The van der Waals surface area contributed by atoms with E-state index in [2.05, 4.69) is 10.4 Å². The molecule has 1 saturated carbocycles. The van der Waals surface area contributed by atoms with Crippen LogP contribution in [-0.4, -0.2) is 44.2 Å². The summed E-state index contributed by atoms with van der Waals surface area (Å²) in [5.41, 5.74) is -2.12. The number of hydrogen-bond donors (Lipinski definition) is 2. The number of β-amino-alcohol motifs (C(OH)–C–C–N with tert-alkyl or cyclic N) is 1. The lowest BCUT2D eigenvalue weighted by molar-refractivity contribution is -0.385. The molecule has 1 aromatic heterocycles. The molecule has 0 amide bonds. The molecule has 1 aliphatic carbocycles. The third-order valence-electron chi connectivity index (χ3n) is 3.20. The maximum atomic E-state index is 12.6. The smallest absolute Gasteiger partial charge is 0.390 e. The molecule has 0 aromatic carbocycles. The van der Waals surface area contributed by atoms with Gasteiger partial charge in [0, 0.05) is 6.54 Å². The number of aliphatic hydroxyl groups excluding tert-OH is 1. The molecule has 1 aromatic rings. The summed E-state index contributed by atoms with van der Waals surface area (Å²) in [5.74, 6) is 0. The highest BCUT2D eigenvalue weighted by Gasteiger charge is 2.63. The van der Waals surface area contributed by atoms with E-state index in [-0.39, 0.29) is 31.6 Å². The van der Waals surface area contributed by atoms with E-state index in [1.807, 2.05) is 0 Å². The van der Waals surface area contributed by atoms with Gasteiger partial charge in [0.15, 0.2) is 0 Å². The van der Waals surface area contributed by atoms with Crippen molar-refractivity contribution >= 4 is 5.69 Å². The quantitative estimate of drug-likeness (QED) is 0.599. The van der Waals surface area contributed by atoms with Crippen LogP contribution in [0.5, 0.6) is 0 Å². The first-order valence-electron chi connectivity index (χ1n) is 5.90. The molecule has 1 aliphatic rings. The summed E-state index contributed by atoms with van der Waals surface area (Å²) in [4.78, 5) is 9.79. The topological polar surface area (TPSA) is 93.2 Å². The zero-order valence-corrected chi connectivity index (χ0v) is 10.3. The Balaban J connectivity index is 1.84. The Labute approximate surface area is 111 Å². The zero-order valence-electron chi connectivity index (χ0n) is 10.3. The van der Waals surface area contributed by atoms with Crippen LogP contribution in [0.3, 0.4) is 0 Å². The van der Waals surface area contributed by atoms with Crippen LogP contribution in [0.4, 0.5) is 18.9 Å². The molecule has 7 nitrogen and oxygen atoms in total. The Kier molecular flexibility index (Phi) is 3.69. The van der Waals surface area contributed by atoms with Gasteiger partial charge in [-0.3, -0.25) is 14.8 Å². The first-order valence-corrected chi connectivity index (χ1v) is 5.90. The maximum Gasteiger partial charge on any atom is 0.406 e. The highest BCUT2D eigenvalue weighted by molar-refractivity contribution is 5.20. The first-order chi connectivity index (χ1) is 9.23. The number of aliphatic hydroxyl groups is 1. The van der Waals surface area contributed by atoms with Gasteiger partial charge in [-0.25, -0.2) is 0 Å². The lowest BCUT2D eigenvalue weighted by Crippen LogP contribution is -2.48. The number of nitro groups is 1. The fraction of sp³-hybridized carbons (Fsp3) is 0.700. The van der Waals surface area contributed by atoms with Crippen LogP contribution in [-0.2, 0) is 6.54 Å². The van der Waals surface area contributed by atoms with Crippen molar-refractivity contribution in [2.24, 2.45) is 0 Å². The SMILES string of the molecule is O=[N+]([O-])c1cnn(CC(O)CNC2(C(F)(F)F)CC2)c1. The van der Waals surface area contributed by atoms with Crippen LogP contribution in [0.15, 0.2) is 12.4 Å². The minimum atomic E-state index is -4.34. The number of nitrogens with one attached hydrogen (secondary N) is 1. The summed E-state index contributed by atoms with van der Waals surface area (Å²) >= 11 is 0. The third-order valence-corrected chi connectivity index (χ3v) is 3.20. The van der Waals surface area contributed by atoms with Gasteiger partial charge in [0.05, 0.1) is 17.6 Å². The average Bonchev–Trinajstić information content (AvgIpc) is 3.00. The standard InChI is InChI=1S/C10H13F3N4O3/c11-10(12,13)9(1-2-9)14-4-8(18)6-16-5-7(3-15-16)17(19)20/h3,5,8,14,18H,1-2,4,6H2. The van der Waals surface area contributed by atoms with E-state index in [4.69, 9.17) is 0 Å². The molecule has 0 aliphatic heterocycles. The highest BCUT2D eigenvalue weighted by Crippen LogP contribution is 2.48. The fourth-order valence-electron chi connectivity index (χ4n) is 1.83. The number of alkyl halides is 3. The van der Waals surface area contributed by atoms with Crippen molar-refractivity contribution in [3.05, 3.63) is 22.5 Å². The molecule has 0 saturated heterocycles. The molecule has 1 atom stereocenters. The predicted octanol–water partition coefficient (Wildman–Crippen LogP) is 0.837. The lowest BCUT2D eigenvalue weighted by atomic mass is 10.2. The summed E-state index contributed by atoms with van der Waals surface area (Å²) in [6.45, 7) is -0.373. The van der Waals surface area contributed by atoms with Gasteiger partial charge in [-0.05, 0) is 12.8 Å². The van der Waals surface area contributed by atoms with Gasteiger partial charge in [-0.15, -0.1) is 0 Å². The Morgan fingerprint density at radius 2 is 2.25 bits per heavy atom. The molecule has 1 heterocycles. The summed E-state index contributed by atoms with van der Waals surface area (Å²) in [6.07, 6.45) is -3.34. The fourth-order valence-corrected chi connectivity index (χ4v) is 1.83. The van der Waals surface area contributed by atoms with Gasteiger partial charge in [0.1, 0.15) is 17.9 Å². The highest BCUT2D eigenvalue weighted by atomic mass is 19.4. The second-order valence-electron chi connectivity index (χ2n) is 4.79. The number of nitrogens with zero attached hydrogens (tertiary/aromatic N) is 3. The zero-order chi connectivity index (χ0) is 15.0. The summed E-state index contributed by atoms with van der Waals surface area (Å²) in [6, 6.07) is 0. The molecule has 1 fully saturated rings. The van der Waals surface area contributed by atoms with Crippen molar-refractivity contribution in [3.8, 4) is 0 Å². The van der Waals surface area contributed by atoms with E-state index < -0.39 is 22.7 Å². The molecule has 10 heteroatoms. The normalized spacial score (nSPS) is 18.8. The van der Waals surface area contributed by atoms with Gasteiger partial charge in [-0.2, -0.15) is 18.3 Å². The summed E-state index contributed by atoms with van der Waals surface area (Å²) in [5, 5.41) is 26.0. The van der Waals surface area contributed by atoms with Crippen molar-refractivity contribution in [2.75, 3.05) is 6.54 Å². The summed E-state index contributed by atoms with van der Waals surface area (Å²) in [7, 11) is 0. The maximum absolute atomic E-state index is 12.6. The Bertz CT molecular complexity index is 498. The van der Waals surface area contributed by atoms with Gasteiger partial charge in [-0.1, -0.05) is 0 Å². The van der Waals surface area contributed by atoms with Crippen molar-refractivity contribution in [1.29, 1.82) is 0 Å². The van der Waals surface area contributed by atoms with Crippen LogP contribution >= 0.6 is 0 Å². The number of aromatic nitrogens is 2. The number of rotatable bonds is 6. The van der Waals surface area contributed by atoms with E-state index >= 15 is 0 Å². The molecule has 112 valence electrons. The number of halogens is 3. The molecule has 2 rings (SSSR count). The van der Waals surface area contributed by atoms with E-state index in [1.54, 1.807) is 0 Å². The monoisotopic (exact) mass is 294 g/mol. The Hall–Kier alpha value is -1.68. The van der Waals surface area contributed by atoms with Crippen molar-refractivity contribution in [1.82, 2.24) is 15.1 Å². The minimum Gasteiger partial charge on any atom is -0.390 e. The molecule has 0 radical (unpaired) electrons. The van der Waals surface area contributed by atoms with Gasteiger partial charge in [0.2, 0.25) is 0 Å². The second kappa shape index (κ2) is 5.02.